The van der Waals surface area contributed by atoms with Crippen LogP contribution in [0.4, 0.5) is 0 Å². The van der Waals surface area contributed by atoms with Gasteiger partial charge in [-0.15, -0.1) is 0 Å². The van der Waals surface area contributed by atoms with Crippen molar-refractivity contribution < 1.29 is 14.3 Å². The molecule has 1 rings (SSSR count). The third kappa shape index (κ3) is 9.47. The molecule has 0 heterocycles. The van der Waals surface area contributed by atoms with Crippen molar-refractivity contribution in [3.8, 4) is 11.5 Å². The number of hydrogen-bond acceptors (Lipinski definition) is 3. The predicted octanol–water partition coefficient (Wildman–Crippen LogP) is 9.20. The lowest BCUT2D eigenvalue weighted by Gasteiger charge is -2.19. The van der Waals surface area contributed by atoms with Crippen molar-refractivity contribution in [2.75, 3.05) is 14.2 Å². The highest BCUT2D eigenvalue weighted by atomic mass is 16.5. The minimum atomic E-state index is 0.00718. The van der Waals surface area contributed by atoms with E-state index in [1.54, 1.807) is 20.3 Å². The quantitative estimate of drug-likeness (QED) is 0.178. The Morgan fingerprint density at radius 2 is 1.21 bits per heavy atom. The number of allylic oxidation sites excluding steroid dienone is 2. The molecule has 0 aromatic heterocycles. The van der Waals surface area contributed by atoms with Gasteiger partial charge in [-0.2, -0.15) is 0 Å². The van der Waals surface area contributed by atoms with Crippen molar-refractivity contribution >= 4 is 5.78 Å². The van der Waals surface area contributed by atoms with E-state index in [2.05, 4.69) is 34.6 Å². The number of carbonyl (C=O) groups excluding carboxylic acids is 1. The lowest BCUT2D eigenvalue weighted by atomic mass is 9.91. The van der Waals surface area contributed by atoms with Crippen LogP contribution in [0.25, 0.3) is 0 Å². The summed E-state index contributed by atoms with van der Waals surface area (Å²) < 4.78 is 11.2. The maximum absolute atomic E-state index is 13.2. The zero-order valence-corrected chi connectivity index (χ0v) is 23.9. The van der Waals surface area contributed by atoms with Gasteiger partial charge in [0.1, 0.15) is 11.5 Å². The van der Waals surface area contributed by atoms with Crippen LogP contribution in [0.15, 0.2) is 11.6 Å². The summed E-state index contributed by atoms with van der Waals surface area (Å²) in [5, 5.41) is 0. The molecule has 0 saturated carbocycles. The van der Waals surface area contributed by atoms with Gasteiger partial charge in [-0.05, 0) is 75.5 Å². The monoisotopic (exact) mass is 472 g/mol. The first-order valence-electron chi connectivity index (χ1n) is 13.5. The van der Waals surface area contributed by atoms with Gasteiger partial charge in [0, 0.05) is 5.56 Å². The summed E-state index contributed by atoms with van der Waals surface area (Å²) in [6.45, 7) is 17.4. The van der Waals surface area contributed by atoms with Crippen molar-refractivity contribution in [3.05, 3.63) is 33.9 Å². The molecule has 194 valence electrons. The van der Waals surface area contributed by atoms with Crippen LogP contribution in [0.5, 0.6) is 11.5 Å². The van der Waals surface area contributed by atoms with E-state index in [1.807, 2.05) is 20.8 Å². The maximum Gasteiger partial charge on any atom is 0.189 e. The Morgan fingerprint density at radius 3 is 1.71 bits per heavy atom. The van der Waals surface area contributed by atoms with Crippen LogP contribution in [-0.2, 0) is 0 Å². The molecule has 0 saturated heterocycles. The Balaban J connectivity index is 2.57. The number of methoxy groups -OCH3 is 2. The molecule has 1 aromatic carbocycles. The third-order valence-corrected chi connectivity index (χ3v) is 7.36. The Bertz CT molecular complexity index is 804. The summed E-state index contributed by atoms with van der Waals surface area (Å²) in [4.78, 5) is 13.2. The second kappa shape index (κ2) is 15.3. The molecule has 0 spiro atoms. The first-order chi connectivity index (χ1) is 16.0. The van der Waals surface area contributed by atoms with E-state index in [1.165, 1.54) is 44.9 Å². The zero-order chi connectivity index (χ0) is 25.8. The van der Waals surface area contributed by atoms with Gasteiger partial charge in [0.25, 0.3) is 0 Å². The van der Waals surface area contributed by atoms with Crippen LogP contribution < -0.4 is 9.47 Å². The fourth-order valence-electron chi connectivity index (χ4n) is 5.03. The number of ether oxygens (including phenoxy) is 2. The molecule has 0 aliphatic rings. The van der Waals surface area contributed by atoms with Crippen molar-refractivity contribution in [2.45, 2.75) is 113 Å². The second-order valence-corrected chi connectivity index (χ2v) is 11.0. The molecule has 3 nitrogen and oxygen atoms in total. The van der Waals surface area contributed by atoms with Crippen LogP contribution in [-0.4, -0.2) is 20.0 Å². The molecular weight excluding hydrogens is 420 g/mol. The molecule has 34 heavy (non-hydrogen) atoms. The molecule has 0 N–H and O–H groups in total. The molecule has 0 radical (unpaired) electrons. The molecule has 0 aliphatic heterocycles. The normalized spacial score (nSPS) is 13.8. The highest BCUT2D eigenvalue weighted by Gasteiger charge is 2.22. The summed E-state index contributed by atoms with van der Waals surface area (Å²) in [7, 11) is 3.29. The first kappa shape index (κ1) is 30.3. The Hall–Kier alpha value is -1.77. The molecule has 1 aromatic rings. The minimum Gasteiger partial charge on any atom is -0.496 e. The van der Waals surface area contributed by atoms with E-state index in [-0.39, 0.29) is 5.78 Å². The van der Waals surface area contributed by atoms with E-state index < -0.39 is 0 Å². The summed E-state index contributed by atoms with van der Waals surface area (Å²) in [5.74, 6) is 3.87. The summed E-state index contributed by atoms with van der Waals surface area (Å²) in [5.41, 5.74) is 4.59. The van der Waals surface area contributed by atoms with E-state index in [0.717, 1.165) is 58.6 Å². The Kier molecular flexibility index (Phi) is 13.6. The van der Waals surface area contributed by atoms with Gasteiger partial charge in [0.2, 0.25) is 0 Å². The predicted molar refractivity (Wildman–Crippen MR) is 147 cm³/mol. The number of rotatable bonds is 16. The van der Waals surface area contributed by atoms with Gasteiger partial charge in [0.05, 0.1) is 19.8 Å². The molecule has 0 fully saturated rings. The van der Waals surface area contributed by atoms with E-state index >= 15 is 0 Å². The number of hydrogen-bond donors (Lipinski definition) is 0. The van der Waals surface area contributed by atoms with Crippen LogP contribution >= 0.6 is 0 Å². The highest BCUT2D eigenvalue weighted by molar-refractivity contribution is 6.09. The second-order valence-electron chi connectivity index (χ2n) is 11.0. The van der Waals surface area contributed by atoms with Gasteiger partial charge in [-0.1, -0.05) is 78.2 Å². The fraction of sp³-hybridized carbons (Fsp3) is 0.710. The SMILES string of the molecule is COc1c(C)c(C)c(OC)c(C(=O)/C=C(\C)CCCC(C)CCCC(C)CCCC(C)C)c1C. The van der Waals surface area contributed by atoms with Gasteiger partial charge < -0.3 is 9.47 Å². The Morgan fingerprint density at radius 1 is 0.735 bits per heavy atom. The van der Waals surface area contributed by atoms with Crippen molar-refractivity contribution in [3.63, 3.8) is 0 Å². The third-order valence-electron chi connectivity index (χ3n) is 7.36. The number of carbonyl (C=O) groups is 1. The number of ketones is 1. The standard InChI is InChI=1S/C31H52O3/c1-21(2)14-11-15-22(3)16-12-17-23(4)18-13-19-24(5)20-28(32)29-27(8)30(33-9)25(6)26(7)31(29)34-10/h20-23H,11-19H2,1-10H3/b24-20+. The van der Waals surface area contributed by atoms with Crippen LogP contribution in [0.2, 0.25) is 0 Å². The smallest absolute Gasteiger partial charge is 0.189 e. The molecule has 2 atom stereocenters. The van der Waals surface area contributed by atoms with Gasteiger partial charge >= 0.3 is 0 Å². The molecule has 0 amide bonds. The van der Waals surface area contributed by atoms with E-state index in [9.17, 15) is 4.79 Å². The lowest BCUT2D eigenvalue weighted by molar-refractivity contribution is 0.104. The van der Waals surface area contributed by atoms with Gasteiger partial charge in [-0.3, -0.25) is 4.79 Å². The van der Waals surface area contributed by atoms with Crippen LogP contribution in [0.3, 0.4) is 0 Å². The average molecular weight is 473 g/mol. The summed E-state index contributed by atoms with van der Waals surface area (Å²) in [6.07, 6.45) is 13.2. The maximum atomic E-state index is 13.2. The minimum absolute atomic E-state index is 0.00718. The van der Waals surface area contributed by atoms with Crippen LogP contribution in [0.1, 0.15) is 119 Å². The van der Waals surface area contributed by atoms with Gasteiger partial charge in [0.15, 0.2) is 5.78 Å². The topological polar surface area (TPSA) is 35.5 Å². The molecular formula is C31H52O3. The first-order valence-corrected chi connectivity index (χ1v) is 13.5. The van der Waals surface area contributed by atoms with E-state index in [0.29, 0.717) is 11.3 Å². The highest BCUT2D eigenvalue weighted by Crippen LogP contribution is 2.38. The zero-order valence-electron chi connectivity index (χ0n) is 23.9. The largest absolute Gasteiger partial charge is 0.496 e. The summed E-state index contributed by atoms with van der Waals surface area (Å²) >= 11 is 0. The number of benzene rings is 1. The molecule has 2 unspecified atom stereocenters. The average Bonchev–Trinajstić information content (AvgIpc) is 2.76. The van der Waals surface area contributed by atoms with Crippen molar-refractivity contribution in [2.24, 2.45) is 17.8 Å². The fourth-order valence-corrected chi connectivity index (χ4v) is 5.03. The molecule has 3 heteroatoms. The van der Waals surface area contributed by atoms with Crippen molar-refractivity contribution in [1.29, 1.82) is 0 Å². The van der Waals surface area contributed by atoms with Gasteiger partial charge in [-0.25, -0.2) is 0 Å². The van der Waals surface area contributed by atoms with Crippen molar-refractivity contribution in [1.82, 2.24) is 0 Å². The molecule has 0 aliphatic carbocycles. The molecule has 0 bridgehead atoms. The lowest BCUT2D eigenvalue weighted by Crippen LogP contribution is -2.08. The Labute approximate surface area is 210 Å². The van der Waals surface area contributed by atoms with E-state index in [4.69, 9.17) is 9.47 Å². The van der Waals surface area contributed by atoms with Crippen LogP contribution in [0, 0.1) is 38.5 Å². The summed E-state index contributed by atoms with van der Waals surface area (Å²) in [6, 6.07) is 0.